The zero-order valence-corrected chi connectivity index (χ0v) is 7.87. The summed E-state index contributed by atoms with van der Waals surface area (Å²) in [5.74, 6) is -0.205. The third kappa shape index (κ3) is 3.22. The fraction of sp³-hybridized carbons (Fsp3) is 0.100. The van der Waals surface area contributed by atoms with E-state index in [1.807, 2.05) is 0 Å². The maximum absolute atomic E-state index is 11.6. The van der Waals surface area contributed by atoms with Crippen molar-refractivity contribution in [3.05, 3.63) is 35.9 Å². The topological polar surface area (TPSA) is 82.2 Å². The Morgan fingerprint density at radius 1 is 1.27 bits per heavy atom. The molecule has 0 bridgehead atoms. The first-order chi connectivity index (χ1) is 7.27. The number of ketones is 1. The van der Waals surface area contributed by atoms with Gasteiger partial charge in [-0.3, -0.25) is 4.79 Å². The minimum atomic E-state index is -0.205. The van der Waals surface area contributed by atoms with Crippen molar-refractivity contribution in [2.45, 2.75) is 6.42 Å². The lowest BCUT2D eigenvalue weighted by Gasteiger charge is -1.98. The molecule has 15 heavy (non-hydrogen) atoms. The Balaban J connectivity index is 2.72. The van der Waals surface area contributed by atoms with Crippen LogP contribution in [0.25, 0.3) is 0 Å². The van der Waals surface area contributed by atoms with E-state index in [-0.39, 0.29) is 17.9 Å². The number of Topliss-reactive ketones (excluding diaryl/α,β-unsaturated/α-hetero) is 1. The van der Waals surface area contributed by atoms with Crippen LogP contribution < -0.4 is 0 Å². The number of carbonyl (C=O) groups excluding carboxylic acids is 1. The fourth-order valence-corrected chi connectivity index (χ4v) is 1.06. The van der Waals surface area contributed by atoms with E-state index in [1.165, 1.54) is 0 Å². The van der Waals surface area contributed by atoms with Crippen LogP contribution in [-0.4, -0.2) is 28.1 Å². The zero-order valence-electron chi connectivity index (χ0n) is 7.87. The van der Waals surface area contributed by atoms with Crippen LogP contribution in [0.15, 0.2) is 40.6 Å². The van der Waals surface area contributed by atoms with Gasteiger partial charge in [0.25, 0.3) is 0 Å². The maximum atomic E-state index is 11.6. The van der Waals surface area contributed by atoms with E-state index in [9.17, 15) is 4.79 Å². The van der Waals surface area contributed by atoms with Gasteiger partial charge < -0.3 is 10.4 Å². The molecule has 0 aliphatic carbocycles. The molecule has 0 saturated carbocycles. The Bertz CT molecular complexity index is 385. The van der Waals surface area contributed by atoms with E-state index in [0.29, 0.717) is 5.56 Å². The Labute approximate surface area is 86.3 Å². The third-order valence-electron chi connectivity index (χ3n) is 1.77. The van der Waals surface area contributed by atoms with Gasteiger partial charge in [0.05, 0.1) is 12.6 Å². The van der Waals surface area contributed by atoms with Gasteiger partial charge >= 0.3 is 0 Å². The van der Waals surface area contributed by atoms with Crippen LogP contribution >= 0.6 is 0 Å². The van der Waals surface area contributed by atoms with Gasteiger partial charge in [-0.05, 0) is 0 Å². The number of rotatable bonds is 4. The molecule has 0 amide bonds. The molecule has 1 aromatic carbocycles. The predicted molar refractivity (Wildman–Crippen MR) is 54.9 cm³/mol. The van der Waals surface area contributed by atoms with E-state index < -0.39 is 0 Å². The van der Waals surface area contributed by atoms with Crippen molar-refractivity contribution >= 4 is 17.7 Å². The SMILES string of the molecule is O=C(CC(/C=N\O)=N/O)c1ccccc1. The first-order valence-electron chi connectivity index (χ1n) is 4.24. The van der Waals surface area contributed by atoms with Crippen LogP contribution in [0, 0.1) is 0 Å². The summed E-state index contributed by atoms with van der Waals surface area (Å²) in [5.41, 5.74) is 0.524. The van der Waals surface area contributed by atoms with Gasteiger partial charge in [-0.15, -0.1) is 0 Å². The zero-order chi connectivity index (χ0) is 11.1. The summed E-state index contributed by atoms with van der Waals surface area (Å²) in [6.07, 6.45) is 0.811. The highest BCUT2D eigenvalue weighted by Crippen LogP contribution is 2.03. The highest BCUT2D eigenvalue weighted by Gasteiger charge is 2.08. The molecule has 0 atom stereocenters. The summed E-state index contributed by atoms with van der Waals surface area (Å²) in [4.78, 5) is 11.6. The first-order valence-corrected chi connectivity index (χ1v) is 4.24. The predicted octanol–water partition coefficient (Wildman–Crippen LogP) is 1.55. The molecule has 0 radical (unpaired) electrons. The normalized spacial score (nSPS) is 11.9. The lowest BCUT2D eigenvalue weighted by atomic mass is 10.1. The molecule has 0 saturated heterocycles. The van der Waals surface area contributed by atoms with Crippen LogP contribution in [0.4, 0.5) is 0 Å². The highest BCUT2D eigenvalue weighted by molar-refractivity contribution is 6.35. The molecule has 0 fully saturated rings. The minimum absolute atomic E-state index is 0.00588. The largest absolute Gasteiger partial charge is 0.411 e. The second-order valence-corrected chi connectivity index (χ2v) is 2.80. The van der Waals surface area contributed by atoms with Gasteiger partial charge in [0.1, 0.15) is 5.71 Å². The number of hydrogen-bond acceptors (Lipinski definition) is 5. The number of hydrogen-bond donors (Lipinski definition) is 2. The number of benzene rings is 1. The second kappa shape index (κ2) is 5.54. The van der Waals surface area contributed by atoms with Gasteiger partial charge in [-0.2, -0.15) is 0 Å². The van der Waals surface area contributed by atoms with Crippen molar-refractivity contribution in [2.75, 3.05) is 0 Å². The summed E-state index contributed by atoms with van der Waals surface area (Å²) in [6, 6.07) is 8.60. The third-order valence-corrected chi connectivity index (χ3v) is 1.77. The van der Waals surface area contributed by atoms with Gasteiger partial charge in [0.15, 0.2) is 5.78 Å². The van der Waals surface area contributed by atoms with Crippen molar-refractivity contribution in [3.8, 4) is 0 Å². The molecular formula is C10H10N2O3. The van der Waals surface area contributed by atoms with Crippen LogP contribution in [0.3, 0.4) is 0 Å². The Kier molecular flexibility index (Phi) is 4.03. The summed E-state index contributed by atoms with van der Waals surface area (Å²) >= 11 is 0. The van der Waals surface area contributed by atoms with Crippen molar-refractivity contribution in [2.24, 2.45) is 10.3 Å². The van der Waals surface area contributed by atoms with Crippen LogP contribution in [0.1, 0.15) is 16.8 Å². The fourth-order valence-electron chi connectivity index (χ4n) is 1.06. The van der Waals surface area contributed by atoms with E-state index in [2.05, 4.69) is 10.3 Å². The van der Waals surface area contributed by atoms with Crippen molar-refractivity contribution in [3.63, 3.8) is 0 Å². The maximum Gasteiger partial charge on any atom is 0.169 e. The van der Waals surface area contributed by atoms with E-state index in [4.69, 9.17) is 10.4 Å². The smallest absolute Gasteiger partial charge is 0.169 e. The monoisotopic (exact) mass is 206 g/mol. The van der Waals surface area contributed by atoms with Crippen molar-refractivity contribution in [1.82, 2.24) is 0 Å². The Morgan fingerprint density at radius 3 is 2.47 bits per heavy atom. The molecule has 0 unspecified atom stereocenters. The van der Waals surface area contributed by atoms with E-state index >= 15 is 0 Å². The lowest BCUT2D eigenvalue weighted by Crippen LogP contribution is -2.09. The second-order valence-electron chi connectivity index (χ2n) is 2.80. The molecule has 5 nitrogen and oxygen atoms in total. The van der Waals surface area contributed by atoms with Crippen LogP contribution in [0.2, 0.25) is 0 Å². The Hall–Kier alpha value is -2.17. The molecular weight excluding hydrogens is 196 g/mol. The van der Waals surface area contributed by atoms with Crippen LogP contribution in [0.5, 0.6) is 0 Å². The quantitative estimate of drug-likeness (QED) is 0.339. The molecule has 0 heterocycles. The standard InChI is InChI=1S/C10H10N2O3/c13-10(6-9(12-15)7-11-14)8-4-2-1-3-5-8/h1-5,7,14-15H,6H2/b11-7-,12-9-. The van der Waals surface area contributed by atoms with Crippen molar-refractivity contribution in [1.29, 1.82) is 0 Å². The molecule has 1 rings (SSSR count). The molecule has 0 aliphatic heterocycles. The number of carbonyl (C=O) groups is 1. The van der Waals surface area contributed by atoms with Gasteiger partial charge in [-0.25, -0.2) is 0 Å². The number of nitrogens with zero attached hydrogens (tertiary/aromatic N) is 2. The molecule has 0 aliphatic rings. The van der Waals surface area contributed by atoms with Gasteiger partial charge in [-0.1, -0.05) is 40.6 Å². The summed E-state index contributed by atoms with van der Waals surface area (Å²) in [6.45, 7) is 0. The molecule has 0 spiro atoms. The first kappa shape index (κ1) is 10.9. The summed E-state index contributed by atoms with van der Waals surface area (Å²) < 4.78 is 0. The van der Waals surface area contributed by atoms with Gasteiger partial charge in [0, 0.05) is 5.56 Å². The minimum Gasteiger partial charge on any atom is -0.411 e. The molecule has 1 aromatic rings. The summed E-state index contributed by atoms with van der Waals surface area (Å²) in [5, 5.41) is 22.2. The molecule has 0 aromatic heterocycles. The molecule has 78 valence electrons. The van der Waals surface area contributed by atoms with E-state index in [1.54, 1.807) is 30.3 Å². The highest BCUT2D eigenvalue weighted by atomic mass is 16.4. The van der Waals surface area contributed by atoms with E-state index in [0.717, 1.165) is 6.21 Å². The molecule has 5 heteroatoms. The van der Waals surface area contributed by atoms with Gasteiger partial charge in [0.2, 0.25) is 0 Å². The Morgan fingerprint density at radius 2 is 1.93 bits per heavy atom. The lowest BCUT2D eigenvalue weighted by molar-refractivity contribution is 0.1000. The number of oxime groups is 2. The summed E-state index contributed by atoms with van der Waals surface area (Å²) in [7, 11) is 0. The molecule has 2 N–H and O–H groups in total. The average molecular weight is 206 g/mol. The average Bonchev–Trinajstić information content (AvgIpc) is 2.29. The van der Waals surface area contributed by atoms with Crippen molar-refractivity contribution < 1.29 is 15.2 Å². The van der Waals surface area contributed by atoms with Crippen LogP contribution in [-0.2, 0) is 0 Å².